The Labute approximate surface area is 205 Å². The maximum absolute atomic E-state index is 13.0. The number of pyridine rings is 1. The van der Waals surface area contributed by atoms with Gasteiger partial charge in [0.05, 0.1) is 5.25 Å². The van der Waals surface area contributed by atoms with E-state index in [1.807, 2.05) is 0 Å². The number of anilines is 4. The van der Waals surface area contributed by atoms with Gasteiger partial charge in [-0.1, -0.05) is 12.1 Å². The highest BCUT2D eigenvalue weighted by Crippen LogP contribution is 2.30. The van der Waals surface area contributed by atoms with E-state index in [-0.39, 0.29) is 16.9 Å². The minimum absolute atomic E-state index is 0.147. The summed E-state index contributed by atoms with van der Waals surface area (Å²) in [5.41, 5.74) is 0.739. The number of carbonyl (C=O) groups is 1. The topological polar surface area (TPSA) is 105 Å². The predicted octanol–water partition coefficient (Wildman–Crippen LogP) is 5.50. The third-order valence-corrected chi connectivity index (χ3v) is 6.96. The number of imidazole rings is 1. The molecule has 8 nitrogen and oxygen atoms in total. The Bertz CT molecular complexity index is 1510. The van der Waals surface area contributed by atoms with Crippen LogP contribution in [-0.2, 0) is 16.2 Å². The van der Waals surface area contributed by atoms with Gasteiger partial charge in [-0.05, 0) is 68.4 Å². The van der Waals surface area contributed by atoms with E-state index in [9.17, 15) is 26.4 Å². The lowest BCUT2D eigenvalue weighted by Gasteiger charge is -2.12. The van der Waals surface area contributed by atoms with E-state index in [1.165, 1.54) is 16.5 Å². The molecule has 188 valence electrons. The van der Waals surface area contributed by atoms with Crippen molar-refractivity contribution in [1.29, 1.82) is 0 Å². The number of amides is 1. The summed E-state index contributed by atoms with van der Waals surface area (Å²) < 4.78 is 67.0. The molecule has 0 radical (unpaired) electrons. The monoisotopic (exact) mass is 517 g/mol. The molecule has 0 saturated carbocycles. The number of carbonyl (C=O) groups excluding carboxylic acids is 1. The molecular formula is C24H22F3N5O3S. The first-order valence-electron chi connectivity index (χ1n) is 10.8. The van der Waals surface area contributed by atoms with Crippen LogP contribution in [-0.4, -0.2) is 29.0 Å². The van der Waals surface area contributed by atoms with Gasteiger partial charge in [0.15, 0.2) is 5.69 Å². The minimum atomic E-state index is -4.55. The van der Waals surface area contributed by atoms with Crippen molar-refractivity contribution < 1.29 is 26.4 Å². The van der Waals surface area contributed by atoms with Crippen LogP contribution in [0.25, 0.3) is 5.65 Å². The maximum Gasteiger partial charge on any atom is 0.434 e. The van der Waals surface area contributed by atoms with Gasteiger partial charge in [-0.3, -0.25) is 13.9 Å². The molecular weight excluding hydrogens is 495 g/mol. The molecule has 0 unspecified atom stereocenters. The van der Waals surface area contributed by atoms with Crippen LogP contribution in [0.5, 0.6) is 0 Å². The van der Waals surface area contributed by atoms with Gasteiger partial charge in [0, 0.05) is 28.8 Å². The Morgan fingerprint density at radius 3 is 2.28 bits per heavy atom. The summed E-state index contributed by atoms with van der Waals surface area (Å²) in [6.07, 6.45) is -3.64. The molecule has 0 atom stereocenters. The molecule has 2 aromatic heterocycles. The van der Waals surface area contributed by atoms with Crippen LogP contribution in [0.2, 0.25) is 0 Å². The van der Waals surface area contributed by atoms with E-state index in [0.717, 1.165) is 6.20 Å². The molecule has 36 heavy (non-hydrogen) atoms. The van der Waals surface area contributed by atoms with E-state index in [2.05, 4.69) is 20.3 Å². The summed E-state index contributed by atoms with van der Waals surface area (Å²) in [7, 11) is -3.55. The Morgan fingerprint density at radius 1 is 0.944 bits per heavy atom. The number of nitrogens with zero attached hydrogens (tertiary/aromatic N) is 2. The number of alkyl halides is 3. The van der Waals surface area contributed by atoms with Gasteiger partial charge < -0.3 is 10.6 Å². The lowest BCUT2D eigenvalue weighted by Crippen LogP contribution is -2.22. The highest BCUT2D eigenvalue weighted by molar-refractivity contribution is 7.93. The molecule has 0 bridgehead atoms. The molecule has 0 spiro atoms. The number of hydrogen-bond acceptors (Lipinski definition) is 5. The second kappa shape index (κ2) is 9.53. The van der Waals surface area contributed by atoms with Gasteiger partial charge >= 0.3 is 6.18 Å². The zero-order valence-corrected chi connectivity index (χ0v) is 20.0. The molecule has 1 amide bonds. The van der Waals surface area contributed by atoms with Gasteiger partial charge in [0.2, 0.25) is 10.0 Å². The number of sulfonamides is 1. The van der Waals surface area contributed by atoms with Gasteiger partial charge in [0.1, 0.15) is 11.5 Å². The number of aromatic nitrogens is 2. The first-order chi connectivity index (χ1) is 16.9. The van der Waals surface area contributed by atoms with E-state index >= 15 is 0 Å². The van der Waals surface area contributed by atoms with E-state index in [1.54, 1.807) is 68.4 Å². The molecule has 3 N–H and O–H groups in total. The number of rotatable bonds is 7. The molecule has 0 aliphatic carbocycles. The molecule has 0 saturated heterocycles. The number of halogens is 3. The molecule has 2 heterocycles. The van der Waals surface area contributed by atoms with Crippen molar-refractivity contribution in [2.24, 2.45) is 0 Å². The van der Waals surface area contributed by atoms with Crippen LogP contribution in [0.4, 0.5) is 36.1 Å². The average Bonchev–Trinajstić information content (AvgIpc) is 3.26. The summed E-state index contributed by atoms with van der Waals surface area (Å²) in [4.78, 5) is 16.3. The van der Waals surface area contributed by atoms with Gasteiger partial charge in [0.25, 0.3) is 5.91 Å². The largest absolute Gasteiger partial charge is 0.434 e. The fourth-order valence-electron chi connectivity index (χ4n) is 3.24. The summed E-state index contributed by atoms with van der Waals surface area (Å²) in [5.74, 6) is -0.0582. The summed E-state index contributed by atoms with van der Waals surface area (Å²) in [6.45, 7) is 3.10. The standard InChI is InChI=1S/C24H22F3N5O3S/c1-15(2)36(34,35)31-19-6-3-5-16(13-19)23(33)29-18-11-9-17(10-12-18)28-21-7-4-8-22-30-20(14-32(21)22)24(25,26)27/h3-15,28,31H,1-2H3,(H,29,33). The highest BCUT2D eigenvalue weighted by Gasteiger charge is 2.34. The normalized spacial score (nSPS) is 12.1. The van der Waals surface area contributed by atoms with Crippen LogP contribution in [0.1, 0.15) is 29.9 Å². The molecule has 4 aromatic rings. The number of hydrogen-bond donors (Lipinski definition) is 3. The molecule has 0 aliphatic rings. The zero-order chi connectivity index (χ0) is 26.1. The fourth-order valence-corrected chi connectivity index (χ4v) is 3.93. The van der Waals surface area contributed by atoms with Crippen molar-refractivity contribution in [1.82, 2.24) is 9.38 Å². The number of fused-ring (bicyclic) bond motifs is 1. The molecule has 0 aliphatic heterocycles. The second-order valence-corrected chi connectivity index (χ2v) is 10.4. The van der Waals surface area contributed by atoms with Crippen LogP contribution in [0.3, 0.4) is 0 Å². The maximum atomic E-state index is 13.0. The van der Waals surface area contributed by atoms with Crippen molar-refractivity contribution in [2.75, 3.05) is 15.4 Å². The van der Waals surface area contributed by atoms with Crippen LogP contribution >= 0.6 is 0 Å². The molecule has 12 heteroatoms. The molecule has 4 rings (SSSR count). The minimum Gasteiger partial charge on any atom is -0.341 e. The quantitative estimate of drug-likeness (QED) is 0.300. The van der Waals surface area contributed by atoms with Gasteiger partial charge in [-0.15, -0.1) is 0 Å². The summed E-state index contributed by atoms with van der Waals surface area (Å²) >= 11 is 0. The van der Waals surface area contributed by atoms with Gasteiger partial charge in [-0.25, -0.2) is 13.4 Å². The summed E-state index contributed by atoms with van der Waals surface area (Å²) in [5, 5.41) is 5.14. The Hall–Kier alpha value is -4.06. The van der Waals surface area contributed by atoms with Gasteiger partial charge in [-0.2, -0.15) is 13.2 Å². The molecule has 2 aromatic carbocycles. The van der Waals surface area contributed by atoms with Crippen LogP contribution in [0.15, 0.2) is 72.9 Å². The fraction of sp³-hybridized carbons (Fsp3) is 0.167. The Morgan fingerprint density at radius 2 is 1.61 bits per heavy atom. The lowest BCUT2D eigenvalue weighted by molar-refractivity contribution is -0.140. The number of benzene rings is 2. The lowest BCUT2D eigenvalue weighted by atomic mass is 10.2. The van der Waals surface area contributed by atoms with Crippen molar-refractivity contribution in [3.63, 3.8) is 0 Å². The second-order valence-electron chi connectivity index (χ2n) is 8.20. The first-order valence-corrected chi connectivity index (χ1v) is 12.3. The van der Waals surface area contributed by atoms with Crippen LogP contribution in [0, 0.1) is 0 Å². The van der Waals surface area contributed by atoms with Crippen molar-refractivity contribution >= 4 is 44.5 Å². The highest BCUT2D eigenvalue weighted by atomic mass is 32.2. The average molecular weight is 518 g/mol. The SMILES string of the molecule is CC(C)S(=O)(=O)Nc1cccc(C(=O)Nc2ccc(Nc3cccc4nc(C(F)(F)F)cn34)cc2)c1. The number of nitrogens with one attached hydrogen (secondary N) is 3. The summed E-state index contributed by atoms with van der Waals surface area (Å²) in [6, 6.07) is 17.4. The third kappa shape index (κ3) is 5.60. The first kappa shape index (κ1) is 25.0. The van der Waals surface area contributed by atoms with Crippen molar-refractivity contribution in [3.05, 3.63) is 84.2 Å². The van der Waals surface area contributed by atoms with E-state index in [0.29, 0.717) is 17.2 Å². The Balaban J connectivity index is 1.46. The zero-order valence-electron chi connectivity index (χ0n) is 19.2. The molecule has 0 fully saturated rings. The van der Waals surface area contributed by atoms with Crippen LogP contribution < -0.4 is 15.4 Å². The third-order valence-electron chi connectivity index (χ3n) is 5.20. The smallest absolute Gasteiger partial charge is 0.341 e. The van der Waals surface area contributed by atoms with Crippen molar-refractivity contribution in [3.8, 4) is 0 Å². The van der Waals surface area contributed by atoms with Crippen molar-refractivity contribution in [2.45, 2.75) is 25.3 Å². The predicted molar refractivity (Wildman–Crippen MR) is 132 cm³/mol. The van der Waals surface area contributed by atoms with E-state index in [4.69, 9.17) is 0 Å². The Kier molecular flexibility index (Phi) is 6.63. The van der Waals surface area contributed by atoms with E-state index < -0.39 is 33.1 Å².